The Morgan fingerprint density at radius 3 is 2.25 bits per heavy atom. The zero-order valence-corrected chi connectivity index (χ0v) is 7.70. The van der Waals surface area contributed by atoms with Crippen molar-refractivity contribution in [2.75, 3.05) is 13.2 Å². The topological polar surface area (TPSA) is 72.7 Å². The lowest BCUT2D eigenvalue weighted by atomic mass is 10.1. The summed E-state index contributed by atoms with van der Waals surface area (Å²) in [6.45, 7) is 3.79. The quantitative estimate of drug-likeness (QED) is 0.424. The van der Waals surface area contributed by atoms with E-state index in [1.807, 2.05) is 6.92 Å². The molecule has 0 aromatic heterocycles. The highest BCUT2D eigenvalue weighted by Gasteiger charge is 2.07. The molecule has 0 radical (unpaired) electrons. The van der Waals surface area contributed by atoms with E-state index in [2.05, 4.69) is 5.32 Å². The number of aliphatic hydroxyl groups is 3. The van der Waals surface area contributed by atoms with Crippen molar-refractivity contribution < 1.29 is 15.3 Å². The molecule has 74 valence electrons. The lowest BCUT2D eigenvalue weighted by molar-refractivity contribution is 0.0893. The van der Waals surface area contributed by atoms with Crippen LogP contribution in [0.15, 0.2) is 0 Å². The molecule has 0 spiro atoms. The number of hydrogen-bond donors (Lipinski definition) is 4. The monoisotopic (exact) mass is 177 g/mol. The predicted octanol–water partition coefficient (Wildman–Crippen LogP) is -0.911. The summed E-state index contributed by atoms with van der Waals surface area (Å²) >= 11 is 0. The van der Waals surface area contributed by atoms with E-state index in [4.69, 9.17) is 15.3 Å². The third-order valence-electron chi connectivity index (χ3n) is 1.61. The number of nitrogens with one attached hydrogen (secondary N) is 1. The van der Waals surface area contributed by atoms with Crippen LogP contribution in [0.5, 0.6) is 0 Å². The second-order valence-corrected chi connectivity index (χ2v) is 3.23. The van der Waals surface area contributed by atoms with E-state index in [1.165, 1.54) is 0 Å². The molecular formula is C8H19NO3. The van der Waals surface area contributed by atoms with Crippen LogP contribution in [0.1, 0.15) is 20.3 Å². The largest absolute Gasteiger partial charge is 0.394 e. The molecule has 0 aliphatic carbocycles. The molecule has 0 aliphatic rings. The van der Waals surface area contributed by atoms with Gasteiger partial charge in [0.25, 0.3) is 0 Å². The van der Waals surface area contributed by atoms with E-state index in [1.54, 1.807) is 6.92 Å². The smallest absolute Gasteiger partial charge is 0.0895 e. The highest BCUT2D eigenvalue weighted by molar-refractivity contribution is 4.66. The summed E-state index contributed by atoms with van der Waals surface area (Å²) in [7, 11) is 0. The van der Waals surface area contributed by atoms with Gasteiger partial charge in [-0.3, -0.25) is 0 Å². The van der Waals surface area contributed by atoms with Gasteiger partial charge < -0.3 is 20.6 Å². The first-order valence-electron chi connectivity index (χ1n) is 4.26. The zero-order valence-electron chi connectivity index (χ0n) is 7.70. The van der Waals surface area contributed by atoms with Gasteiger partial charge in [-0.15, -0.1) is 0 Å². The maximum atomic E-state index is 8.99. The van der Waals surface area contributed by atoms with Crippen LogP contribution in [0.4, 0.5) is 0 Å². The highest BCUT2D eigenvalue weighted by atomic mass is 16.3. The normalized spacial score (nSPS) is 18.8. The molecule has 0 bridgehead atoms. The minimum Gasteiger partial charge on any atom is -0.394 e. The summed E-state index contributed by atoms with van der Waals surface area (Å²) in [5.41, 5.74) is 0. The lowest BCUT2D eigenvalue weighted by Gasteiger charge is -2.16. The average Bonchev–Trinajstić information content (AvgIpc) is 1.99. The van der Waals surface area contributed by atoms with Crippen molar-refractivity contribution in [1.29, 1.82) is 0 Å². The van der Waals surface area contributed by atoms with Crippen molar-refractivity contribution in [3.63, 3.8) is 0 Å². The van der Waals surface area contributed by atoms with Gasteiger partial charge in [0.1, 0.15) is 0 Å². The number of rotatable bonds is 6. The van der Waals surface area contributed by atoms with E-state index >= 15 is 0 Å². The third-order valence-corrected chi connectivity index (χ3v) is 1.61. The molecule has 0 saturated heterocycles. The van der Waals surface area contributed by atoms with Crippen molar-refractivity contribution in [3.8, 4) is 0 Å². The van der Waals surface area contributed by atoms with Gasteiger partial charge >= 0.3 is 0 Å². The Kier molecular flexibility index (Phi) is 6.28. The Hall–Kier alpha value is -0.160. The molecule has 3 atom stereocenters. The molecule has 0 rings (SSSR count). The first-order chi connectivity index (χ1) is 5.56. The third kappa shape index (κ3) is 6.54. The first kappa shape index (κ1) is 11.8. The molecule has 0 fully saturated rings. The number of aliphatic hydroxyl groups excluding tert-OH is 3. The van der Waals surface area contributed by atoms with Gasteiger partial charge in [0.2, 0.25) is 0 Å². The van der Waals surface area contributed by atoms with E-state index in [0.717, 1.165) is 0 Å². The van der Waals surface area contributed by atoms with Crippen molar-refractivity contribution in [1.82, 2.24) is 5.32 Å². The minimum absolute atomic E-state index is 0.159. The van der Waals surface area contributed by atoms with Crippen LogP contribution in [0.3, 0.4) is 0 Å². The van der Waals surface area contributed by atoms with Gasteiger partial charge in [0, 0.05) is 12.6 Å². The summed E-state index contributed by atoms with van der Waals surface area (Å²) in [5, 5.41) is 29.4. The van der Waals surface area contributed by atoms with E-state index in [9.17, 15) is 0 Å². The van der Waals surface area contributed by atoms with Crippen LogP contribution in [0.2, 0.25) is 0 Å². The maximum absolute atomic E-state index is 8.99. The summed E-state index contributed by atoms with van der Waals surface area (Å²) in [5.74, 6) is 0. The molecule has 0 aromatic rings. The van der Waals surface area contributed by atoms with Crippen molar-refractivity contribution in [2.45, 2.75) is 38.5 Å². The summed E-state index contributed by atoms with van der Waals surface area (Å²) in [6.07, 6.45) is -0.391. The Morgan fingerprint density at radius 2 is 1.83 bits per heavy atom. The fraction of sp³-hybridized carbons (Fsp3) is 1.00. The van der Waals surface area contributed by atoms with E-state index in [0.29, 0.717) is 13.0 Å². The van der Waals surface area contributed by atoms with Crippen LogP contribution < -0.4 is 5.32 Å². The Labute approximate surface area is 73.2 Å². The molecule has 0 saturated carbocycles. The van der Waals surface area contributed by atoms with Gasteiger partial charge in [-0.1, -0.05) is 0 Å². The standard InChI is InChI=1S/C8H19NO3/c1-6(3-7(2)11)9-4-8(12)5-10/h6-12H,3-5H2,1-2H3/t6?,7?,8-/m0/s1. The van der Waals surface area contributed by atoms with Gasteiger partial charge in [-0.05, 0) is 20.3 Å². The van der Waals surface area contributed by atoms with Gasteiger partial charge in [0.15, 0.2) is 0 Å². The molecule has 2 unspecified atom stereocenters. The molecule has 4 N–H and O–H groups in total. The molecule has 0 amide bonds. The summed E-state index contributed by atoms with van der Waals surface area (Å²) < 4.78 is 0. The first-order valence-corrected chi connectivity index (χ1v) is 4.26. The van der Waals surface area contributed by atoms with Gasteiger partial charge in [0.05, 0.1) is 18.8 Å². The van der Waals surface area contributed by atoms with Gasteiger partial charge in [-0.2, -0.15) is 0 Å². The van der Waals surface area contributed by atoms with E-state index < -0.39 is 6.10 Å². The van der Waals surface area contributed by atoms with Crippen LogP contribution in [-0.2, 0) is 0 Å². The van der Waals surface area contributed by atoms with Crippen molar-refractivity contribution >= 4 is 0 Å². The van der Waals surface area contributed by atoms with Crippen molar-refractivity contribution in [3.05, 3.63) is 0 Å². The zero-order chi connectivity index (χ0) is 9.56. The fourth-order valence-electron chi connectivity index (χ4n) is 0.997. The average molecular weight is 177 g/mol. The van der Waals surface area contributed by atoms with Crippen LogP contribution >= 0.6 is 0 Å². The van der Waals surface area contributed by atoms with Crippen LogP contribution in [-0.4, -0.2) is 46.7 Å². The Morgan fingerprint density at radius 1 is 1.25 bits per heavy atom. The minimum atomic E-state index is -0.707. The molecule has 4 nitrogen and oxygen atoms in total. The SMILES string of the molecule is CC(O)CC(C)NC[C@H](O)CO. The summed E-state index contributed by atoms with van der Waals surface area (Å²) in [4.78, 5) is 0. The molecule has 4 heteroatoms. The Bertz CT molecular complexity index is 108. The van der Waals surface area contributed by atoms with E-state index in [-0.39, 0.29) is 18.8 Å². The molecule has 0 aromatic carbocycles. The summed E-state index contributed by atoms with van der Waals surface area (Å²) in [6, 6.07) is 0.159. The predicted molar refractivity (Wildman–Crippen MR) is 46.9 cm³/mol. The number of hydrogen-bond acceptors (Lipinski definition) is 4. The molecule has 0 aliphatic heterocycles. The highest BCUT2D eigenvalue weighted by Crippen LogP contribution is 1.96. The van der Waals surface area contributed by atoms with Gasteiger partial charge in [-0.25, -0.2) is 0 Å². The second-order valence-electron chi connectivity index (χ2n) is 3.23. The van der Waals surface area contributed by atoms with Crippen LogP contribution in [0, 0.1) is 0 Å². The fourth-order valence-corrected chi connectivity index (χ4v) is 0.997. The molecule has 0 heterocycles. The molecule has 12 heavy (non-hydrogen) atoms. The molecular weight excluding hydrogens is 158 g/mol. The maximum Gasteiger partial charge on any atom is 0.0895 e. The Balaban J connectivity index is 3.36. The van der Waals surface area contributed by atoms with Crippen LogP contribution in [0.25, 0.3) is 0 Å². The second kappa shape index (κ2) is 6.37. The lowest BCUT2D eigenvalue weighted by Crippen LogP contribution is -2.36. The van der Waals surface area contributed by atoms with Crippen molar-refractivity contribution in [2.24, 2.45) is 0 Å².